The maximum absolute atomic E-state index is 12.1. The molecule has 0 unspecified atom stereocenters. The minimum absolute atomic E-state index is 0.0206. The fourth-order valence-corrected chi connectivity index (χ4v) is 1.93. The first-order chi connectivity index (χ1) is 10.0. The Kier molecular flexibility index (Phi) is 7.46. The lowest BCUT2D eigenvalue weighted by atomic mass is 10.0. The van der Waals surface area contributed by atoms with E-state index in [2.05, 4.69) is 10.6 Å². The van der Waals surface area contributed by atoms with E-state index in [-0.39, 0.29) is 24.2 Å². The zero-order valence-corrected chi connectivity index (χ0v) is 12.9. The number of rotatable bonds is 8. The highest BCUT2D eigenvalue weighted by molar-refractivity contribution is 5.88. The second-order valence-electron chi connectivity index (χ2n) is 5.24. The van der Waals surface area contributed by atoms with Crippen LogP contribution in [0.5, 0.6) is 0 Å². The van der Waals surface area contributed by atoms with Crippen molar-refractivity contribution >= 4 is 11.8 Å². The van der Waals surface area contributed by atoms with Crippen molar-refractivity contribution < 1.29 is 14.3 Å². The summed E-state index contributed by atoms with van der Waals surface area (Å²) < 4.78 is 4.89. The highest BCUT2D eigenvalue weighted by atomic mass is 16.5. The number of hydrogen-bond donors (Lipinski definition) is 2. The van der Waals surface area contributed by atoms with Crippen LogP contribution in [-0.2, 0) is 20.7 Å². The van der Waals surface area contributed by atoms with Crippen molar-refractivity contribution in [1.82, 2.24) is 10.6 Å². The average molecular weight is 292 g/mol. The Labute approximate surface area is 126 Å². The van der Waals surface area contributed by atoms with Gasteiger partial charge in [0.05, 0.1) is 13.0 Å². The maximum atomic E-state index is 12.1. The van der Waals surface area contributed by atoms with Crippen LogP contribution in [0.3, 0.4) is 0 Å². The van der Waals surface area contributed by atoms with Crippen LogP contribution < -0.4 is 10.6 Å². The number of amides is 2. The van der Waals surface area contributed by atoms with Crippen molar-refractivity contribution in [1.29, 1.82) is 0 Å². The summed E-state index contributed by atoms with van der Waals surface area (Å²) in [5, 5.41) is 5.56. The topological polar surface area (TPSA) is 67.4 Å². The summed E-state index contributed by atoms with van der Waals surface area (Å²) in [7, 11) is 1.58. The SMILES string of the molecule is COCCNC(=O)[C@H](NC(=O)Cc1ccccc1)C(C)C. The zero-order valence-electron chi connectivity index (χ0n) is 12.9. The van der Waals surface area contributed by atoms with Gasteiger partial charge in [-0.15, -0.1) is 0 Å². The van der Waals surface area contributed by atoms with Crippen molar-refractivity contribution in [2.24, 2.45) is 5.92 Å². The summed E-state index contributed by atoms with van der Waals surface area (Å²) in [4.78, 5) is 24.1. The van der Waals surface area contributed by atoms with Gasteiger partial charge in [-0.05, 0) is 11.5 Å². The standard InChI is InChI=1S/C16H24N2O3/c1-12(2)15(16(20)17-9-10-21-3)18-14(19)11-13-7-5-4-6-8-13/h4-8,12,15H,9-11H2,1-3H3,(H,17,20)(H,18,19)/t15-/m1/s1. The number of methoxy groups -OCH3 is 1. The number of carbonyl (C=O) groups excluding carboxylic acids is 2. The Morgan fingerprint density at radius 3 is 2.43 bits per heavy atom. The van der Waals surface area contributed by atoms with Crippen LogP contribution in [-0.4, -0.2) is 38.1 Å². The third-order valence-corrected chi connectivity index (χ3v) is 3.08. The quantitative estimate of drug-likeness (QED) is 0.706. The predicted octanol–water partition coefficient (Wildman–Crippen LogP) is 1.13. The monoisotopic (exact) mass is 292 g/mol. The van der Waals surface area contributed by atoms with Gasteiger partial charge < -0.3 is 15.4 Å². The molecule has 0 bridgehead atoms. The molecule has 2 N–H and O–H groups in total. The van der Waals surface area contributed by atoms with Crippen molar-refractivity contribution in [3.8, 4) is 0 Å². The van der Waals surface area contributed by atoms with Crippen molar-refractivity contribution in [3.05, 3.63) is 35.9 Å². The number of benzene rings is 1. The molecule has 0 fully saturated rings. The normalized spacial score (nSPS) is 12.0. The summed E-state index contributed by atoms with van der Waals surface area (Å²) in [5.41, 5.74) is 0.928. The Morgan fingerprint density at radius 1 is 1.19 bits per heavy atom. The van der Waals surface area contributed by atoms with Crippen LogP contribution >= 0.6 is 0 Å². The van der Waals surface area contributed by atoms with Crippen molar-refractivity contribution in [3.63, 3.8) is 0 Å². The third kappa shape index (κ3) is 6.40. The predicted molar refractivity (Wildman–Crippen MR) is 81.8 cm³/mol. The summed E-state index contributed by atoms with van der Waals surface area (Å²) in [6.07, 6.45) is 0.273. The van der Waals surface area contributed by atoms with Crippen molar-refractivity contribution in [2.45, 2.75) is 26.3 Å². The van der Waals surface area contributed by atoms with Crippen LogP contribution in [0.1, 0.15) is 19.4 Å². The molecule has 0 aliphatic heterocycles. The molecule has 0 heterocycles. The van der Waals surface area contributed by atoms with E-state index < -0.39 is 6.04 Å². The highest BCUT2D eigenvalue weighted by Gasteiger charge is 2.23. The van der Waals surface area contributed by atoms with Gasteiger partial charge in [-0.1, -0.05) is 44.2 Å². The third-order valence-electron chi connectivity index (χ3n) is 3.08. The Balaban J connectivity index is 2.53. The summed E-state index contributed by atoms with van der Waals surface area (Å²) in [6.45, 7) is 4.70. The van der Waals surface area contributed by atoms with Gasteiger partial charge in [-0.25, -0.2) is 0 Å². The second-order valence-corrected chi connectivity index (χ2v) is 5.24. The highest BCUT2D eigenvalue weighted by Crippen LogP contribution is 2.04. The molecule has 1 aromatic rings. The van der Waals surface area contributed by atoms with E-state index in [4.69, 9.17) is 4.74 Å². The van der Waals surface area contributed by atoms with E-state index in [0.29, 0.717) is 13.2 Å². The lowest BCUT2D eigenvalue weighted by Gasteiger charge is -2.21. The van der Waals surface area contributed by atoms with E-state index in [0.717, 1.165) is 5.56 Å². The summed E-state index contributed by atoms with van der Waals surface area (Å²) in [5.74, 6) is -0.308. The van der Waals surface area contributed by atoms with E-state index in [1.807, 2.05) is 44.2 Å². The van der Waals surface area contributed by atoms with Crippen LogP contribution in [0.25, 0.3) is 0 Å². The molecule has 0 aromatic heterocycles. The number of ether oxygens (including phenoxy) is 1. The van der Waals surface area contributed by atoms with E-state index in [9.17, 15) is 9.59 Å². The van der Waals surface area contributed by atoms with Crippen LogP contribution in [0.4, 0.5) is 0 Å². The van der Waals surface area contributed by atoms with Gasteiger partial charge in [0.15, 0.2) is 0 Å². The molecule has 0 radical (unpaired) electrons. The molecule has 5 heteroatoms. The first-order valence-electron chi connectivity index (χ1n) is 7.14. The maximum Gasteiger partial charge on any atom is 0.242 e. The Bertz CT molecular complexity index is 446. The summed E-state index contributed by atoms with van der Waals surface area (Å²) in [6, 6.07) is 8.94. The second kappa shape index (κ2) is 9.13. The van der Waals surface area contributed by atoms with E-state index in [1.165, 1.54) is 0 Å². The minimum atomic E-state index is -0.530. The number of hydrogen-bond acceptors (Lipinski definition) is 3. The van der Waals surface area contributed by atoms with Gasteiger partial charge in [-0.3, -0.25) is 9.59 Å². The lowest BCUT2D eigenvalue weighted by Crippen LogP contribution is -2.50. The first-order valence-corrected chi connectivity index (χ1v) is 7.14. The van der Waals surface area contributed by atoms with Gasteiger partial charge in [0, 0.05) is 13.7 Å². The zero-order chi connectivity index (χ0) is 15.7. The number of nitrogens with one attached hydrogen (secondary N) is 2. The van der Waals surface area contributed by atoms with Crippen LogP contribution in [0.15, 0.2) is 30.3 Å². The molecule has 1 aromatic carbocycles. The molecule has 0 aliphatic rings. The fraction of sp³-hybridized carbons (Fsp3) is 0.500. The van der Waals surface area contributed by atoms with Gasteiger partial charge in [-0.2, -0.15) is 0 Å². The Hall–Kier alpha value is -1.88. The van der Waals surface area contributed by atoms with Gasteiger partial charge in [0.1, 0.15) is 6.04 Å². The smallest absolute Gasteiger partial charge is 0.242 e. The summed E-state index contributed by atoms with van der Waals surface area (Å²) >= 11 is 0. The van der Waals surface area contributed by atoms with Gasteiger partial charge in [0.25, 0.3) is 0 Å². The molecule has 1 atom stereocenters. The Morgan fingerprint density at radius 2 is 1.86 bits per heavy atom. The molecular formula is C16H24N2O3. The molecule has 116 valence electrons. The molecule has 5 nitrogen and oxygen atoms in total. The largest absolute Gasteiger partial charge is 0.383 e. The molecule has 0 aliphatic carbocycles. The molecule has 0 saturated heterocycles. The average Bonchev–Trinajstić information content (AvgIpc) is 2.45. The van der Waals surface area contributed by atoms with Gasteiger partial charge >= 0.3 is 0 Å². The van der Waals surface area contributed by atoms with E-state index in [1.54, 1.807) is 7.11 Å². The molecule has 0 spiro atoms. The van der Waals surface area contributed by atoms with Crippen LogP contribution in [0, 0.1) is 5.92 Å². The molecule has 2 amide bonds. The minimum Gasteiger partial charge on any atom is -0.383 e. The fourth-order valence-electron chi connectivity index (χ4n) is 1.93. The first kappa shape index (κ1) is 17.2. The molecule has 1 rings (SSSR count). The van der Waals surface area contributed by atoms with Crippen LogP contribution in [0.2, 0.25) is 0 Å². The van der Waals surface area contributed by atoms with E-state index >= 15 is 0 Å². The molecule has 21 heavy (non-hydrogen) atoms. The molecule has 0 saturated carbocycles. The number of carbonyl (C=O) groups is 2. The van der Waals surface area contributed by atoms with Gasteiger partial charge in [0.2, 0.25) is 11.8 Å². The molecular weight excluding hydrogens is 268 g/mol. The lowest BCUT2D eigenvalue weighted by molar-refractivity contribution is -0.129. The van der Waals surface area contributed by atoms with Crippen molar-refractivity contribution in [2.75, 3.05) is 20.3 Å².